The highest BCUT2D eigenvalue weighted by molar-refractivity contribution is 6.36. The molecule has 0 saturated heterocycles. The number of hydrogen-bond donors (Lipinski definition) is 0. The normalized spacial score (nSPS) is 12.9. The SMILES string of the molecule is CC(=O)c1ccc(C(=O)c2ccc(Oc3ccc(N4C(=O)c5ccc(C(=O)c6ccc7c(c6)C(=O)N(c6ccc(Oc8ccc(C)cc8)cc6)C7=O)cc5C4=O)cc3)cc2)cc1. The summed E-state index contributed by atoms with van der Waals surface area (Å²) in [5.74, 6) is -1.08. The number of carbonyl (C=O) groups is 7. The first kappa shape index (κ1) is 38.9. The molecule has 62 heavy (non-hydrogen) atoms. The number of carbonyl (C=O) groups excluding carboxylic acids is 7. The van der Waals surface area contributed by atoms with Crippen molar-refractivity contribution >= 4 is 52.4 Å². The number of Topliss-reactive ketones (excluding diaryl/α,β-unsaturated/α-hetero) is 1. The van der Waals surface area contributed by atoms with Crippen molar-refractivity contribution in [3.63, 3.8) is 0 Å². The Labute approximate surface area is 354 Å². The summed E-state index contributed by atoms with van der Waals surface area (Å²) in [5.41, 5.74) is 3.73. The second kappa shape index (κ2) is 15.6. The quantitative estimate of drug-likeness (QED) is 0.0920. The fourth-order valence-electron chi connectivity index (χ4n) is 7.30. The van der Waals surface area contributed by atoms with Crippen LogP contribution in [0.25, 0.3) is 0 Å². The highest BCUT2D eigenvalue weighted by atomic mass is 16.5. The molecule has 0 radical (unpaired) electrons. The molecule has 11 heteroatoms. The van der Waals surface area contributed by atoms with E-state index in [1.54, 1.807) is 97.1 Å². The van der Waals surface area contributed by atoms with E-state index in [4.69, 9.17) is 9.47 Å². The molecule has 7 aromatic rings. The Hall–Kier alpha value is -8.57. The molecule has 0 fully saturated rings. The van der Waals surface area contributed by atoms with Crippen LogP contribution in [-0.2, 0) is 0 Å². The summed E-state index contributed by atoms with van der Waals surface area (Å²) in [7, 11) is 0. The first-order valence-electron chi connectivity index (χ1n) is 19.4. The van der Waals surface area contributed by atoms with E-state index < -0.39 is 29.4 Å². The van der Waals surface area contributed by atoms with Crippen molar-refractivity contribution in [2.75, 3.05) is 9.80 Å². The van der Waals surface area contributed by atoms with Crippen LogP contribution in [-0.4, -0.2) is 41.0 Å². The van der Waals surface area contributed by atoms with Crippen LogP contribution in [0.15, 0.2) is 158 Å². The Morgan fingerprint density at radius 2 is 0.677 bits per heavy atom. The van der Waals surface area contributed by atoms with Gasteiger partial charge in [0.1, 0.15) is 23.0 Å². The number of amides is 4. The lowest BCUT2D eigenvalue weighted by atomic mass is 9.96. The highest BCUT2D eigenvalue weighted by Gasteiger charge is 2.39. The minimum Gasteiger partial charge on any atom is -0.457 e. The van der Waals surface area contributed by atoms with Gasteiger partial charge in [0.25, 0.3) is 23.6 Å². The molecule has 9 rings (SSSR count). The zero-order chi connectivity index (χ0) is 43.2. The Morgan fingerprint density at radius 1 is 0.371 bits per heavy atom. The summed E-state index contributed by atoms with van der Waals surface area (Å²) in [6.45, 7) is 3.44. The Kier molecular flexibility index (Phi) is 9.76. The largest absolute Gasteiger partial charge is 0.457 e. The lowest BCUT2D eigenvalue weighted by Crippen LogP contribution is -2.29. The number of hydrogen-bond acceptors (Lipinski definition) is 9. The third-order valence-corrected chi connectivity index (χ3v) is 10.6. The zero-order valence-electron chi connectivity index (χ0n) is 33.1. The smallest absolute Gasteiger partial charge is 0.266 e. The number of anilines is 2. The van der Waals surface area contributed by atoms with Crippen molar-refractivity contribution in [1.82, 2.24) is 0 Å². The molecule has 0 aromatic heterocycles. The number of fused-ring (bicyclic) bond motifs is 2. The van der Waals surface area contributed by atoms with E-state index in [2.05, 4.69) is 0 Å². The van der Waals surface area contributed by atoms with Crippen LogP contribution in [0.3, 0.4) is 0 Å². The van der Waals surface area contributed by atoms with Gasteiger partial charge >= 0.3 is 0 Å². The van der Waals surface area contributed by atoms with Crippen molar-refractivity contribution in [2.45, 2.75) is 13.8 Å². The second-order valence-electron chi connectivity index (χ2n) is 14.7. The molecule has 0 bridgehead atoms. The molecular weight excluding hydrogens is 785 g/mol. The van der Waals surface area contributed by atoms with Gasteiger partial charge in [0.15, 0.2) is 17.3 Å². The van der Waals surface area contributed by atoms with Crippen LogP contribution in [0.5, 0.6) is 23.0 Å². The first-order valence-corrected chi connectivity index (χ1v) is 19.4. The van der Waals surface area contributed by atoms with Gasteiger partial charge in [-0.15, -0.1) is 0 Å². The lowest BCUT2D eigenvalue weighted by molar-refractivity contribution is 0.0910. The molecule has 2 aliphatic rings. The third-order valence-electron chi connectivity index (χ3n) is 10.6. The number of aryl methyl sites for hydroxylation is 1. The number of ketones is 3. The average molecular weight is 817 g/mol. The molecule has 4 amide bonds. The molecule has 0 N–H and O–H groups in total. The van der Waals surface area contributed by atoms with E-state index in [-0.39, 0.29) is 50.6 Å². The van der Waals surface area contributed by atoms with Crippen molar-refractivity contribution in [3.8, 4) is 23.0 Å². The Bertz CT molecular complexity index is 3030. The molecule has 300 valence electrons. The number of rotatable bonds is 11. The molecule has 0 aliphatic carbocycles. The fraction of sp³-hybridized carbons (Fsp3) is 0.0392. The van der Waals surface area contributed by atoms with E-state index in [0.29, 0.717) is 45.4 Å². The monoisotopic (exact) mass is 816 g/mol. The number of nitrogens with zero attached hydrogens (tertiary/aromatic N) is 2. The minimum absolute atomic E-state index is 0.0407. The lowest BCUT2D eigenvalue weighted by Gasteiger charge is -2.14. The van der Waals surface area contributed by atoms with Gasteiger partial charge in [-0.3, -0.25) is 33.6 Å². The summed E-state index contributed by atoms with van der Waals surface area (Å²) in [5, 5.41) is 0. The van der Waals surface area contributed by atoms with Crippen molar-refractivity contribution in [3.05, 3.63) is 213 Å². The molecule has 0 unspecified atom stereocenters. The summed E-state index contributed by atoms with van der Waals surface area (Å²) < 4.78 is 11.8. The predicted octanol–water partition coefficient (Wildman–Crippen LogP) is 9.85. The van der Waals surface area contributed by atoms with Crippen LogP contribution >= 0.6 is 0 Å². The molecule has 7 aromatic carbocycles. The summed E-state index contributed by atoms with van der Waals surface area (Å²) in [6.07, 6.45) is 0. The van der Waals surface area contributed by atoms with Crippen LogP contribution < -0.4 is 19.3 Å². The van der Waals surface area contributed by atoms with Crippen molar-refractivity contribution in [2.24, 2.45) is 0 Å². The Balaban J connectivity index is 0.860. The summed E-state index contributed by atoms with van der Waals surface area (Å²) >= 11 is 0. The fourth-order valence-corrected chi connectivity index (χ4v) is 7.30. The summed E-state index contributed by atoms with van der Waals surface area (Å²) in [6, 6.07) is 41.9. The van der Waals surface area contributed by atoms with Gasteiger partial charge in [-0.05, 0) is 123 Å². The van der Waals surface area contributed by atoms with Gasteiger partial charge in [-0.25, -0.2) is 9.80 Å². The van der Waals surface area contributed by atoms with Gasteiger partial charge < -0.3 is 9.47 Å². The van der Waals surface area contributed by atoms with E-state index >= 15 is 0 Å². The van der Waals surface area contributed by atoms with Crippen LogP contribution in [0.2, 0.25) is 0 Å². The summed E-state index contributed by atoms with van der Waals surface area (Å²) in [4.78, 5) is 94.5. The van der Waals surface area contributed by atoms with Crippen LogP contribution in [0, 0.1) is 6.92 Å². The molecule has 2 heterocycles. The average Bonchev–Trinajstić information content (AvgIpc) is 3.70. The molecule has 0 spiro atoms. The zero-order valence-corrected chi connectivity index (χ0v) is 33.1. The first-order chi connectivity index (χ1) is 29.9. The van der Waals surface area contributed by atoms with Gasteiger partial charge in [-0.1, -0.05) is 54.1 Å². The molecule has 2 aliphatic heterocycles. The standard InChI is InChI=1S/C51H32N2O9/c1-29-3-17-38(18-4-29)61-40-21-13-36(14-22-40)52-48(57)42-25-11-34(27-44(42)50(52)59)47(56)35-12-26-43-45(28-35)51(60)53(49(43)58)37-15-23-41(24-16-37)62-39-19-9-33(10-20-39)46(55)32-7-5-31(6-8-32)30(2)54/h3-28H,1-2H3. The second-order valence-corrected chi connectivity index (χ2v) is 14.7. The van der Waals surface area contributed by atoms with Crippen LogP contribution in [0.1, 0.15) is 96.1 Å². The van der Waals surface area contributed by atoms with E-state index in [9.17, 15) is 33.6 Å². The van der Waals surface area contributed by atoms with Gasteiger partial charge in [0, 0.05) is 27.8 Å². The number of imide groups is 2. The molecule has 0 saturated carbocycles. The number of ether oxygens (including phenoxy) is 2. The van der Waals surface area contributed by atoms with Crippen molar-refractivity contribution in [1.29, 1.82) is 0 Å². The highest BCUT2D eigenvalue weighted by Crippen LogP contribution is 2.34. The maximum Gasteiger partial charge on any atom is 0.266 e. The molecule has 11 nitrogen and oxygen atoms in total. The van der Waals surface area contributed by atoms with E-state index in [1.165, 1.54) is 43.3 Å². The molecule has 0 atom stereocenters. The van der Waals surface area contributed by atoms with Gasteiger partial charge in [0.05, 0.1) is 33.6 Å². The number of benzene rings is 7. The van der Waals surface area contributed by atoms with E-state index in [0.717, 1.165) is 15.4 Å². The van der Waals surface area contributed by atoms with Gasteiger partial charge in [-0.2, -0.15) is 0 Å². The van der Waals surface area contributed by atoms with Crippen LogP contribution in [0.4, 0.5) is 11.4 Å². The third kappa shape index (κ3) is 7.13. The maximum absolute atomic E-state index is 13.8. The Morgan fingerprint density at radius 3 is 1.08 bits per heavy atom. The van der Waals surface area contributed by atoms with Crippen molar-refractivity contribution < 1.29 is 43.0 Å². The molecular formula is C51H32N2O9. The predicted molar refractivity (Wildman–Crippen MR) is 229 cm³/mol. The van der Waals surface area contributed by atoms with Gasteiger partial charge in [0.2, 0.25) is 0 Å². The maximum atomic E-state index is 13.8. The van der Waals surface area contributed by atoms with E-state index in [1.807, 2.05) is 31.2 Å². The topological polar surface area (TPSA) is 144 Å². The minimum atomic E-state index is -0.620.